The number of amides is 1. The van der Waals surface area contributed by atoms with E-state index in [1.165, 1.54) is 18.3 Å². The Kier molecular flexibility index (Phi) is 5.88. The van der Waals surface area contributed by atoms with Crippen molar-refractivity contribution in [1.29, 1.82) is 0 Å². The minimum absolute atomic E-state index is 0.00786. The highest BCUT2D eigenvalue weighted by Gasteiger charge is 2.28. The summed E-state index contributed by atoms with van der Waals surface area (Å²) in [5.74, 6) is 1.36. The minimum Gasteiger partial charge on any atom is -0.337 e. The van der Waals surface area contributed by atoms with Gasteiger partial charge in [0.25, 0.3) is 5.91 Å². The normalized spacial score (nSPS) is 17.7. The van der Waals surface area contributed by atoms with Gasteiger partial charge in [0.1, 0.15) is 5.82 Å². The molecule has 1 aliphatic heterocycles. The first-order valence-electron chi connectivity index (χ1n) is 9.01. The number of thiophene rings is 1. The van der Waals surface area contributed by atoms with E-state index in [2.05, 4.69) is 28.5 Å². The molecule has 0 unspecified atom stereocenters. The molecule has 1 aliphatic rings. The van der Waals surface area contributed by atoms with Crippen LogP contribution in [0.2, 0.25) is 0 Å². The van der Waals surface area contributed by atoms with E-state index in [0.717, 1.165) is 38.3 Å². The molecule has 0 saturated carbocycles. The number of rotatable bonds is 6. The molecular formula is C19H26N4O2S. The van der Waals surface area contributed by atoms with Gasteiger partial charge < -0.3 is 14.4 Å². The van der Waals surface area contributed by atoms with Gasteiger partial charge in [-0.1, -0.05) is 0 Å². The van der Waals surface area contributed by atoms with Crippen LogP contribution in [0.1, 0.15) is 50.9 Å². The van der Waals surface area contributed by atoms with Crippen molar-refractivity contribution in [2.45, 2.75) is 32.2 Å². The SMILES string of the molecule is CC(=O)c1ccc(C(=O)N2CCC[C@H](c3nccn3CCN(C)C)C2)s1. The molecule has 0 spiro atoms. The molecule has 1 amide bonds. The van der Waals surface area contributed by atoms with Gasteiger partial charge in [0, 0.05) is 44.5 Å². The minimum atomic E-state index is 0.00786. The Hall–Kier alpha value is -1.99. The van der Waals surface area contributed by atoms with Crippen LogP contribution in [0, 0.1) is 0 Å². The van der Waals surface area contributed by atoms with Gasteiger partial charge in [-0.2, -0.15) is 0 Å². The Balaban J connectivity index is 1.70. The second-order valence-electron chi connectivity index (χ2n) is 7.09. The number of carbonyl (C=O) groups excluding carboxylic acids is 2. The summed E-state index contributed by atoms with van der Waals surface area (Å²) in [5, 5.41) is 0. The molecule has 0 aliphatic carbocycles. The number of likely N-dealkylation sites (N-methyl/N-ethyl adjacent to an activating group) is 1. The lowest BCUT2D eigenvalue weighted by molar-refractivity contribution is 0.0708. The lowest BCUT2D eigenvalue weighted by Gasteiger charge is -2.32. The quantitative estimate of drug-likeness (QED) is 0.730. The fourth-order valence-electron chi connectivity index (χ4n) is 3.35. The average Bonchev–Trinajstić information content (AvgIpc) is 3.29. The van der Waals surface area contributed by atoms with E-state index in [0.29, 0.717) is 16.3 Å². The number of ketones is 1. The van der Waals surface area contributed by atoms with Gasteiger partial charge in [0.2, 0.25) is 0 Å². The van der Waals surface area contributed by atoms with Crippen LogP contribution >= 0.6 is 11.3 Å². The summed E-state index contributed by atoms with van der Waals surface area (Å²) in [5.41, 5.74) is 0. The molecule has 3 heterocycles. The van der Waals surface area contributed by atoms with Crippen LogP contribution in [-0.4, -0.2) is 64.8 Å². The molecule has 6 nitrogen and oxygen atoms in total. The number of hydrogen-bond acceptors (Lipinski definition) is 5. The second-order valence-corrected chi connectivity index (χ2v) is 8.18. The Morgan fingerprint density at radius 2 is 2.08 bits per heavy atom. The van der Waals surface area contributed by atoms with Crippen molar-refractivity contribution >= 4 is 23.0 Å². The molecule has 0 radical (unpaired) electrons. The summed E-state index contributed by atoms with van der Waals surface area (Å²) < 4.78 is 2.21. The van der Waals surface area contributed by atoms with Gasteiger partial charge >= 0.3 is 0 Å². The lowest BCUT2D eigenvalue weighted by Crippen LogP contribution is -2.39. The van der Waals surface area contributed by atoms with Crippen LogP contribution in [0.15, 0.2) is 24.5 Å². The Bertz CT molecular complexity index is 780. The molecule has 2 aromatic heterocycles. The highest BCUT2D eigenvalue weighted by atomic mass is 32.1. The molecule has 1 atom stereocenters. The molecule has 26 heavy (non-hydrogen) atoms. The van der Waals surface area contributed by atoms with Crippen molar-refractivity contribution in [3.63, 3.8) is 0 Å². The smallest absolute Gasteiger partial charge is 0.263 e. The van der Waals surface area contributed by atoms with Crippen molar-refractivity contribution in [2.75, 3.05) is 33.7 Å². The Morgan fingerprint density at radius 3 is 2.77 bits per heavy atom. The molecule has 2 aromatic rings. The molecular weight excluding hydrogens is 348 g/mol. The number of imidazole rings is 1. The van der Waals surface area contributed by atoms with Gasteiger partial charge in [-0.25, -0.2) is 4.98 Å². The van der Waals surface area contributed by atoms with Crippen LogP contribution in [0.25, 0.3) is 0 Å². The van der Waals surface area contributed by atoms with Crippen LogP contribution < -0.4 is 0 Å². The number of piperidine rings is 1. The maximum atomic E-state index is 12.8. The Labute approximate surface area is 158 Å². The maximum Gasteiger partial charge on any atom is 0.263 e. The number of hydrogen-bond donors (Lipinski definition) is 0. The monoisotopic (exact) mass is 374 g/mol. The van der Waals surface area contributed by atoms with Gasteiger partial charge in [-0.3, -0.25) is 9.59 Å². The Morgan fingerprint density at radius 1 is 1.31 bits per heavy atom. The van der Waals surface area contributed by atoms with Gasteiger partial charge in [0.05, 0.1) is 9.75 Å². The molecule has 0 bridgehead atoms. The van der Waals surface area contributed by atoms with E-state index in [-0.39, 0.29) is 17.6 Å². The van der Waals surface area contributed by atoms with Gasteiger partial charge in [0.15, 0.2) is 5.78 Å². The summed E-state index contributed by atoms with van der Waals surface area (Å²) in [7, 11) is 4.13. The fraction of sp³-hybridized carbons (Fsp3) is 0.526. The van der Waals surface area contributed by atoms with Crippen molar-refractivity contribution in [3.8, 4) is 0 Å². The van der Waals surface area contributed by atoms with Crippen molar-refractivity contribution in [3.05, 3.63) is 40.1 Å². The van der Waals surface area contributed by atoms with E-state index < -0.39 is 0 Å². The topological polar surface area (TPSA) is 58.4 Å². The molecule has 1 fully saturated rings. The van der Waals surface area contributed by atoms with Crippen molar-refractivity contribution in [2.24, 2.45) is 0 Å². The van der Waals surface area contributed by atoms with Gasteiger partial charge in [-0.05, 0) is 46.0 Å². The molecule has 140 valence electrons. The first kappa shape index (κ1) is 18.8. The third-order valence-electron chi connectivity index (χ3n) is 4.77. The van der Waals surface area contributed by atoms with E-state index in [4.69, 9.17) is 0 Å². The number of carbonyl (C=O) groups is 2. The van der Waals surface area contributed by atoms with E-state index >= 15 is 0 Å². The summed E-state index contributed by atoms with van der Waals surface area (Å²) in [4.78, 5) is 34.3. The second kappa shape index (κ2) is 8.14. The zero-order chi connectivity index (χ0) is 18.7. The van der Waals surface area contributed by atoms with Gasteiger partial charge in [-0.15, -0.1) is 11.3 Å². The standard InChI is InChI=1S/C19H26N4O2S/c1-14(24)16-6-7-17(26-16)19(25)23-9-4-5-15(13-23)18-20-8-10-22(18)12-11-21(2)3/h6-8,10,15H,4-5,9,11-13H2,1-3H3/t15-/m0/s1. The maximum absolute atomic E-state index is 12.8. The van der Waals surface area contributed by atoms with E-state index in [9.17, 15) is 9.59 Å². The number of nitrogens with zero attached hydrogens (tertiary/aromatic N) is 4. The van der Waals surface area contributed by atoms with Crippen LogP contribution in [0.3, 0.4) is 0 Å². The average molecular weight is 375 g/mol. The molecule has 3 rings (SSSR count). The van der Waals surface area contributed by atoms with Crippen molar-refractivity contribution < 1.29 is 9.59 Å². The van der Waals surface area contributed by atoms with E-state index in [1.807, 2.05) is 17.3 Å². The summed E-state index contributed by atoms with van der Waals surface area (Å²) >= 11 is 1.29. The molecule has 0 aromatic carbocycles. The highest BCUT2D eigenvalue weighted by molar-refractivity contribution is 7.15. The third kappa shape index (κ3) is 4.22. The number of Topliss-reactive ketones (excluding diaryl/α,β-unsaturated/α-hetero) is 1. The fourth-order valence-corrected chi connectivity index (χ4v) is 4.22. The zero-order valence-corrected chi connectivity index (χ0v) is 16.5. The largest absolute Gasteiger partial charge is 0.337 e. The number of aromatic nitrogens is 2. The summed E-state index contributed by atoms with van der Waals surface area (Å²) in [6.07, 6.45) is 5.90. The van der Waals surface area contributed by atoms with Crippen molar-refractivity contribution in [1.82, 2.24) is 19.4 Å². The molecule has 0 N–H and O–H groups in total. The molecule has 1 saturated heterocycles. The first-order chi connectivity index (χ1) is 12.5. The van der Waals surface area contributed by atoms with Crippen LogP contribution in [0.4, 0.5) is 0 Å². The zero-order valence-electron chi connectivity index (χ0n) is 15.6. The number of likely N-dealkylation sites (tertiary alicyclic amines) is 1. The predicted octanol–water partition coefficient (Wildman–Crippen LogP) is 2.73. The third-order valence-corrected chi connectivity index (χ3v) is 5.95. The summed E-state index contributed by atoms with van der Waals surface area (Å²) in [6.45, 7) is 4.85. The highest BCUT2D eigenvalue weighted by Crippen LogP contribution is 2.28. The molecule has 7 heteroatoms. The first-order valence-corrected chi connectivity index (χ1v) is 9.83. The van der Waals surface area contributed by atoms with E-state index in [1.54, 1.807) is 12.1 Å². The summed E-state index contributed by atoms with van der Waals surface area (Å²) in [6, 6.07) is 3.51. The van der Waals surface area contributed by atoms with Crippen LogP contribution in [-0.2, 0) is 6.54 Å². The van der Waals surface area contributed by atoms with Crippen LogP contribution in [0.5, 0.6) is 0 Å². The predicted molar refractivity (Wildman–Crippen MR) is 103 cm³/mol. The lowest BCUT2D eigenvalue weighted by atomic mass is 9.97.